The average molecular weight is 417 g/mol. The molecule has 0 unspecified atom stereocenters. The Morgan fingerprint density at radius 2 is 1.70 bits per heavy atom. The summed E-state index contributed by atoms with van der Waals surface area (Å²) in [7, 11) is 4.49. The van der Waals surface area contributed by atoms with Crippen LogP contribution in [0.3, 0.4) is 0 Å². The van der Waals surface area contributed by atoms with Gasteiger partial charge in [-0.2, -0.15) is 5.26 Å². The second-order valence-corrected chi connectivity index (χ2v) is 7.10. The summed E-state index contributed by atoms with van der Waals surface area (Å²) < 4.78 is 15.2. The Labute approximate surface area is 175 Å². The molecule has 30 heavy (non-hydrogen) atoms. The van der Waals surface area contributed by atoms with Crippen LogP contribution in [0, 0.1) is 11.3 Å². The van der Waals surface area contributed by atoms with Crippen molar-refractivity contribution < 1.29 is 28.6 Å². The number of amides is 2. The number of nitriles is 1. The van der Waals surface area contributed by atoms with Gasteiger partial charge < -0.3 is 24.4 Å². The van der Waals surface area contributed by atoms with Crippen molar-refractivity contribution in [3.63, 3.8) is 0 Å². The molecule has 1 aromatic carbocycles. The number of nitrogens with zero attached hydrogens (tertiary/aromatic N) is 2. The number of benzene rings is 1. The minimum absolute atomic E-state index is 0.253. The van der Waals surface area contributed by atoms with Gasteiger partial charge in [-0.1, -0.05) is 19.3 Å². The normalized spacial score (nSPS) is 14.7. The molecule has 1 aliphatic carbocycles. The van der Waals surface area contributed by atoms with Gasteiger partial charge in [0.25, 0.3) is 11.8 Å². The van der Waals surface area contributed by atoms with Crippen LogP contribution in [0.15, 0.2) is 18.2 Å². The van der Waals surface area contributed by atoms with Crippen molar-refractivity contribution in [1.29, 1.82) is 5.26 Å². The van der Waals surface area contributed by atoms with E-state index in [1.807, 2.05) is 0 Å². The summed E-state index contributed by atoms with van der Waals surface area (Å²) in [5.41, 5.74) is -0.593. The minimum atomic E-state index is -0.846. The van der Waals surface area contributed by atoms with Crippen molar-refractivity contribution in [2.24, 2.45) is 0 Å². The lowest BCUT2D eigenvalue weighted by molar-refractivity contribution is -0.152. The molecular formula is C21H27N3O6. The van der Waals surface area contributed by atoms with Crippen LogP contribution in [0.1, 0.15) is 42.5 Å². The van der Waals surface area contributed by atoms with Gasteiger partial charge in [0.1, 0.15) is 23.6 Å². The van der Waals surface area contributed by atoms with Crippen LogP contribution in [-0.4, -0.2) is 62.6 Å². The molecule has 1 fully saturated rings. The summed E-state index contributed by atoms with van der Waals surface area (Å²) in [5, 5.41) is 12.0. The largest absolute Gasteiger partial charge is 0.497 e. The number of carbonyl (C=O) groups excluding carboxylic acids is 3. The van der Waals surface area contributed by atoms with Gasteiger partial charge in [-0.05, 0) is 25.0 Å². The van der Waals surface area contributed by atoms with E-state index in [4.69, 9.17) is 14.2 Å². The van der Waals surface area contributed by atoms with Crippen molar-refractivity contribution in [3.8, 4) is 17.6 Å². The van der Waals surface area contributed by atoms with Crippen molar-refractivity contribution in [2.45, 2.75) is 37.6 Å². The average Bonchev–Trinajstić information content (AvgIpc) is 2.80. The van der Waals surface area contributed by atoms with Gasteiger partial charge in [-0.3, -0.25) is 14.4 Å². The zero-order valence-corrected chi connectivity index (χ0v) is 17.5. The van der Waals surface area contributed by atoms with E-state index in [1.165, 1.54) is 31.3 Å². The predicted octanol–water partition coefficient (Wildman–Crippen LogP) is 1.66. The van der Waals surface area contributed by atoms with Crippen molar-refractivity contribution in [3.05, 3.63) is 23.8 Å². The standard InChI is InChI=1S/C21H27N3O6/c1-24(21(14-22)7-5-4-6-8-21)18(25)13-30-19(26)12-23-20(27)15-9-16(28-2)11-17(10-15)29-3/h9-11H,4-8,12-13H2,1-3H3,(H,23,27). The number of nitrogens with one attached hydrogen (secondary N) is 1. The molecule has 1 aliphatic rings. The first-order valence-electron chi connectivity index (χ1n) is 9.70. The van der Waals surface area contributed by atoms with E-state index >= 15 is 0 Å². The third-order valence-corrected chi connectivity index (χ3v) is 5.27. The maximum absolute atomic E-state index is 12.4. The van der Waals surface area contributed by atoms with E-state index in [-0.39, 0.29) is 5.56 Å². The SMILES string of the molecule is COc1cc(OC)cc(C(=O)NCC(=O)OCC(=O)N(C)C2(C#N)CCCCC2)c1. The topological polar surface area (TPSA) is 118 Å². The molecule has 9 heteroatoms. The highest BCUT2D eigenvalue weighted by Crippen LogP contribution is 2.32. The van der Waals surface area contributed by atoms with E-state index in [1.54, 1.807) is 13.1 Å². The molecule has 2 rings (SSSR count). The predicted molar refractivity (Wildman–Crippen MR) is 107 cm³/mol. The smallest absolute Gasteiger partial charge is 0.325 e. The molecule has 1 N–H and O–H groups in total. The van der Waals surface area contributed by atoms with Crippen LogP contribution in [-0.2, 0) is 14.3 Å². The molecule has 0 aliphatic heterocycles. The highest BCUT2D eigenvalue weighted by atomic mass is 16.5. The number of methoxy groups -OCH3 is 2. The molecule has 0 spiro atoms. The van der Waals surface area contributed by atoms with Gasteiger partial charge >= 0.3 is 5.97 Å². The summed E-state index contributed by atoms with van der Waals surface area (Å²) in [5.74, 6) is -0.849. The third-order valence-electron chi connectivity index (χ3n) is 5.27. The zero-order chi connectivity index (χ0) is 22.1. The highest BCUT2D eigenvalue weighted by Gasteiger charge is 2.38. The fourth-order valence-electron chi connectivity index (χ4n) is 3.38. The van der Waals surface area contributed by atoms with Crippen LogP contribution < -0.4 is 14.8 Å². The van der Waals surface area contributed by atoms with Crippen molar-refractivity contribution in [1.82, 2.24) is 10.2 Å². The molecule has 0 saturated heterocycles. The Bertz CT molecular complexity index is 804. The molecule has 0 heterocycles. The quantitative estimate of drug-likeness (QED) is 0.639. The Kier molecular flexibility index (Phi) is 8.04. The summed E-state index contributed by atoms with van der Waals surface area (Å²) in [6, 6.07) is 6.88. The monoisotopic (exact) mass is 417 g/mol. The first-order chi connectivity index (χ1) is 14.3. The Morgan fingerprint density at radius 1 is 1.10 bits per heavy atom. The molecule has 2 amide bonds. The van der Waals surface area contributed by atoms with Gasteiger partial charge in [-0.15, -0.1) is 0 Å². The van der Waals surface area contributed by atoms with Gasteiger partial charge in [0.2, 0.25) is 0 Å². The first kappa shape index (κ1) is 23.0. The van der Waals surface area contributed by atoms with E-state index in [2.05, 4.69) is 11.4 Å². The third kappa shape index (κ3) is 5.63. The maximum Gasteiger partial charge on any atom is 0.325 e. The molecule has 0 atom stereocenters. The van der Waals surface area contributed by atoms with Crippen LogP contribution in [0.2, 0.25) is 0 Å². The highest BCUT2D eigenvalue weighted by molar-refractivity contribution is 5.96. The molecule has 9 nitrogen and oxygen atoms in total. The molecule has 0 aromatic heterocycles. The summed E-state index contributed by atoms with van der Waals surface area (Å²) >= 11 is 0. The number of ether oxygens (including phenoxy) is 3. The van der Waals surface area contributed by atoms with E-state index in [0.717, 1.165) is 19.3 Å². The molecule has 0 bridgehead atoms. The second-order valence-electron chi connectivity index (χ2n) is 7.10. The Balaban J connectivity index is 1.85. The molecule has 0 radical (unpaired) electrons. The van der Waals surface area contributed by atoms with Crippen LogP contribution in [0.4, 0.5) is 0 Å². The number of hydrogen-bond acceptors (Lipinski definition) is 7. The first-order valence-corrected chi connectivity index (χ1v) is 9.70. The lowest BCUT2D eigenvalue weighted by Crippen LogP contribution is -2.51. The Morgan fingerprint density at radius 3 is 2.23 bits per heavy atom. The zero-order valence-electron chi connectivity index (χ0n) is 17.5. The van der Waals surface area contributed by atoms with Gasteiger partial charge in [0.05, 0.1) is 20.3 Å². The number of hydrogen-bond donors (Lipinski definition) is 1. The summed E-state index contributed by atoms with van der Waals surface area (Å²) in [6.07, 6.45) is 4.02. The molecule has 1 aromatic rings. The van der Waals surface area contributed by atoms with E-state index in [0.29, 0.717) is 24.3 Å². The van der Waals surface area contributed by atoms with Crippen molar-refractivity contribution >= 4 is 17.8 Å². The molecular weight excluding hydrogens is 390 g/mol. The van der Waals surface area contributed by atoms with Crippen LogP contribution in [0.5, 0.6) is 11.5 Å². The lowest BCUT2D eigenvalue weighted by atomic mass is 9.81. The maximum atomic E-state index is 12.4. The van der Waals surface area contributed by atoms with Gasteiger partial charge in [-0.25, -0.2) is 0 Å². The number of likely N-dealkylation sites (N-methyl/N-ethyl adjacent to an activating group) is 1. The van der Waals surface area contributed by atoms with E-state index in [9.17, 15) is 19.6 Å². The van der Waals surface area contributed by atoms with Crippen molar-refractivity contribution in [2.75, 3.05) is 34.4 Å². The van der Waals surface area contributed by atoms with Crippen LogP contribution in [0.25, 0.3) is 0 Å². The molecule has 1 saturated carbocycles. The Hall–Kier alpha value is -3.28. The summed E-state index contributed by atoms with van der Waals surface area (Å²) in [4.78, 5) is 38.0. The number of rotatable bonds is 8. The van der Waals surface area contributed by atoms with Gasteiger partial charge in [0.15, 0.2) is 6.61 Å². The fourth-order valence-corrected chi connectivity index (χ4v) is 3.38. The fraction of sp³-hybridized carbons (Fsp3) is 0.524. The molecule has 162 valence electrons. The minimum Gasteiger partial charge on any atom is -0.497 e. The van der Waals surface area contributed by atoms with Gasteiger partial charge in [0, 0.05) is 18.7 Å². The second kappa shape index (κ2) is 10.5. The lowest BCUT2D eigenvalue weighted by Gasteiger charge is -2.38. The number of carbonyl (C=O) groups is 3. The number of esters is 1. The van der Waals surface area contributed by atoms with E-state index < -0.39 is 36.5 Å². The summed E-state index contributed by atoms with van der Waals surface area (Å²) in [6.45, 7) is -0.889. The van der Waals surface area contributed by atoms with Crippen LogP contribution >= 0.6 is 0 Å².